The lowest BCUT2D eigenvalue weighted by molar-refractivity contribution is 0.0486. The molecule has 29 heavy (non-hydrogen) atoms. The lowest BCUT2D eigenvalue weighted by Crippen LogP contribution is -2.55. The van der Waals surface area contributed by atoms with Crippen LogP contribution in [-0.4, -0.2) is 17.4 Å². The molecule has 5 nitrogen and oxygen atoms in total. The van der Waals surface area contributed by atoms with Gasteiger partial charge in [-0.1, -0.05) is 37.6 Å². The Hall–Kier alpha value is -3.21. The molecule has 3 aromatic rings. The van der Waals surface area contributed by atoms with E-state index >= 15 is 0 Å². The van der Waals surface area contributed by atoms with E-state index in [1.54, 1.807) is 6.26 Å². The van der Waals surface area contributed by atoms with E-state index in [1.807, 2.05) is 72.5 Å². The maximum atomic E-state index is 13.4. The number of nitrogens with zero attached hydrogens (tertiary/aromatic N) is 1. The van der Waals surface area contributed by atoms with Crippen LogP contribution in [0.25, 0.3) is 0 Å². The minimum Gasteiger partial charge on any atom is -0.494 e. The van der Waals surface area contributed by atoms with Crippen LogP contribution in [0.15, 0.2) is 71.3 Å². The number of hydrogen-bond acceptors (Lipinski definition) is 4. The third-order valence-electron chi connectivity index (χ3n) is 5.38. The van der Waals surface area contributed by atoms with Gasteiger partial charge < -0.3 is 19.4 Å². The second kappa shape index (κ2) is 8.03. The topological polar surface area (TPSA) is 54.7 Å². The van der Waals surface area contributed by atoms with Crippen molar-refractivity contribution in [2.75, 3.05) is 11.9 Å². The van der Waals surface area contributed by atoms with Crippen LogP contribution in [0.4, 0.5) is 5.69 Å². The van der Waals surface area contributed by atoms with Crippen LogP contribution in [0.5, 0.6) is 5.75 Å². The van der Waals surface area contributed by atoms with Crippen LogP contribution in [0.2, 0.25) is 0 Å². The van der Waals surface area contributed by atoms with E-state index in [2.05, 4.69) is 12.2 Å². The number of ether oxygens (including phenoxy) is 1. The van der Waals surface area contributed by atoms with Crippen molar-refractivity contribution in [1.29, 1.82) is 0 Å². The van der Waals surface area contributed by atoms with E-state index in [0.717, 1.165) is 35.6 Å². The Morgan fingerprint density at radius 2 is 1.97 bits per heavy atom. The van der Waals surface area contributed by atoms with Gasteiger partial charge in [-0.05, 0) is 49.7 Å². The largest absolute Gasteiger partial charge is 0.494 e. The SMILES string of the molecule is CCCCOc1cccc(C2(C)Nc3ccccc3C(=O)N2Cc2ccco2)c1. The lowest BCUT2D eigenvalue weighted by Gasteiger charge is -2.46. The summed E-state index contributed by atoms with van der Waals surface area (Å²) in [6.07, 6.45) is 3.72. The van der Waals surface area contributed by atoms with Crippen molar-refractivity contribution in [1.82, 2.24) is 4.90 Å². The van der Waals surface area contributed by atoms with Gasteiger partial charge in [-0.3, -0.25) is 4.79 Å². The number of unbranched alkanes of at least 4 members (excludes halogenated alkanes) is 1. The molecule has 150 valence electrons. The Morgan fingerprint density at radius 3 is 2.76 bits per heavy atom. The first-order valence-corrected chi connectivity index (χ1v) is 10.1. The molecular weight excluding hydrogens is 364 g/mol. The van der Waals surface area contributed by atoms with Crippen LogP contribution in [0.3, 0.4) is 0 Å². The Kier molecular flexibility index (Phi) is 5.30. The van der Waals surface area contributed by atoms with Crippen LogP contribution < -0.4 is 10.1 Å². The summed E-state index contributed by atoms with van der Waals surface area (Å²) in [7, 11) is 0. The number of anilines is 1. The van der Waals surface area contributed by atoms with Gasteiger partial charge in [-0.2, -0.15) is 0 Å². The summed E-state index contributed by atoms with van der Waals surface area (Å²) >= 11 is 0. The molecule has 4 rings (SSSR count). The molecule has 0 saturated heterocycles. The highest BCUT2D eigenvalue weighted by atomic mass is 16.5. The fourth-order valence-corrected chi connectivity index (χ4v) is 3.70. The molecule has 0 spiro atoms. The minimum atomic E-state index is -0.748. The molecule has 1 aromatic heterocycles. The number of nitrogens with one attached hydrogen (secondary N) is 1. The molecule has 0 aliphatic carbocycles. The number of carbonyl (C=O) groups excluding carboxylic acids is 1. The fourth-order valence-electron chi connectivity index (χ4n) is 3.70. The molecule has 2 heterocycles. The maximum absolute atomic E-state index is 13.4. The molecule has 0 radical (unpaired) electrons. The van der Waals surface area contributed by atoms with Crippen molar-refractivity contribution in [3.8, 4) is 5.75 Å². The number of hydrogen-bond donors (Lipinski definition) is 1. The molecule has 1 amide bonds. The number of carbonyl (C=O) groups is 1. The highest BCUT2D eigenvalue weighted by Crippen LogP contribution is 2.39. The fraction of sp³-hybridized carbons (Fsp3) is 0.292. The van der Waals surface area contributed by atoms with Crippen molar-refractivity contribution >= 4 is 11.6 Å². The first-order chi connectivity index (χ1) is 14.1. The van der Waals surface area contributed by atoms with Gasteiger partial charge in [-0.25, -0.2) is 0 Å². The first-order valence-electron chi connectivity index (χ1n) is 10.1. The van der Waals surface area contributed by atoms with Crippen LogP contribution in [-0.2, 0) is 12.2 Å². The van der Waals surface area contributed by atoms with Crippen molar-refractivity contribution in [3.63, 3.8) is 0 Å². The third-order valence-corrected chi connectivity index (χ3v) is 5.38. The summed E-state index contributed by atoms with van der Waals surface area (Å²) in [5, 5.41) is 3.58. The van der Waals surface area contributed by atoms with Crippen molar-refractivity contribution in [3.05, 3.63) is 83.8 Å². The van der Waals surface area contributed by atoms with Crippen molar-refractivity contribution in [2.45, 2.75) is 38.9 Å². The van der Waals surface area contributed by atoms with E-state index in [-0.39, 0.29) is 5.91 Å². The zero-order valence-electron chi connectivity index (χ0n) is 16.9. The average molecular weight is 390 g/mol. The zero-order valence-corrected chi connectivity index (χ0v) is 16.9. The van der Waals surface area contributed by atoms with Gasteiger partial charge in [0.25, 0.3) is 5.91 Å². The average Bonchev–Trinajstić information content (AvgIpc) is 3.25. The molecule has 1 aliphatic heterocycles. The maximum Gasteiger partial charge on any atom is 0.258 e. The van der Waals surface area contributed by atoms with E-state index in [1.165, 1.54) is 0 Å². The molecule has 1 unspecified atom stereocenters. The first kappa shape index (κ1) is 19.1. The number of amides is 1. The highest BCUT2D eigenvalue weighted by molar-refractivity contribution is 6.02. The second-order valence-corrected chi connectivity index (χ2v) is 7.44. The van der Waals surface area contributed by atoms with Gasteiger partial charge in [-0.15, -0.1) is 0 Å². The molecule has 0 saturated carbocycles. The molecule has 0 fully saturated rings. The number of rotatable bonds is 7. The van der Waals surface area contributed by atoms with E-state index < -0.39 is 5.66 Å². The minimum absolute atomic E-state index is 0.0319. The van der Waals surface area contributed by atoms with Crippen molar-refractivity contribution in [2.24, 2.45) is 0 Å². The molecule has 1 N–H and O–H groups in total. The Bertz CT molecular complexity index is 983. The standard InChI is InChI=1S/C24H26N2O3/c1-3-4-14-28-19-10-7-9-18(16-19)24(2)25-22-13-6-5-12-21(22)23(27)26(24)17-20-11-8-15-29-20/h5-13,15-16,25H,3-4,14,17H2,1-2H3. The van der Waals surface area contributed by atoms with E-state index in [4.69, 9.17) is 9.15 Å². The predicted octanol–water partition coefficient (Wildman–Crippen LogP) is 5.40. The zero-order chi connectivity index (χ0) is 20.3. The quantitative estimate of drug-likeness (QED) is 0.549. The van der Waals surface area contributed by atoms with Gasteiger partial charge in [0.2, 0.25) is 0 Å². The van der Waals surface area contributed by atoms with Crippen LogP contribution in [0, 0.1) is 0 Å². The summed E-state index contributed by atoms with van der Waals surface area (Å²) in [4.78, 5) is 15.3. The molecule has 1 aliphatic rings. The van der Waals surface area contributed by atoms with Gasteiger partial charge in [0, 0.05) is 11.3 Å². The summed E-state index contributed by atoms with van der Waals surface area (Å²) in [6.45, 7) is 5.21. The van der Waals surface area contributed by atoms with Crippen molar-refractivity contribution < 1.29 is 13.9 Å². The number of furan rings is 1. The van der Waals surface area contributed by atoms with E-state index in [0.29, 0.717) is 18.7 Å². The summed E-state index contributed by atoms with van der Waals surface area (Å²) < 4.78 is 11.5. The van der Waals surface area contributed by atoms with Crippen LogP contribution in [0.1, 0.15) is 48.4 Å². The lowest BCUT2D eigenvalue weighted by atomic mass is 9.93. The Morgan fingerprint density at radius 1 is 1.10 bits per heavy atom. The summed E-state index contributed by atoms with van der Waals surface area (Å²) in [6, 6.07) is 19.3. The smallest absolute Gasteiger partial charge is 0.258 e. The number of para-hydroxylation sites is 1. The Labute approximate surface area is 171 Å². The van der Waals surface area contributed by atoms with Gasteiger partial charge in [0.15, 0.2) is 0 Å². The van der Waals surface area contributed by atoms with Gasteiger partial charge >= 0.3 is 0 Å². The molecule has 0 bridgehead atoms. The third kappa shape index (κ3) is 3.73. The highest BCUT2D eigenvalue weighted by Gasteiger charge is 2.43. The summed E-state index contributed by atoms with van der Waals surface area (Å²) in [5.74, 6) is 1.51. The Balaban J connectivity index is 1.73. The molecule has 1 atom stereocenters. The molecule has 5 heteroatoms. The molecular formula is C24H26N2O3. The molecule has 2 aromatic carbocycles. The predicted molar refractivity (Wildman–Crippen MR) is 113 cm³/mol. The van der Waals surface area contributed by atoms with Gasteiger partial charge in [0.05, 0.1) is 25.0 Å². The van der Waals surface area contributed by atoms with E-state index in [9.17, 15) is 4.79 Å². The normalized spacial score (nSPS) is 18.3. The monoisotopic (exact) mass is 390 g/mol. The second-order valence-electron chi connectivity index (χ2n) is 7.44. The summed E-state index contributed by atoms with van der Waals surface area (Å²) in [5.41, 5.74) is 1.70. The van der Waals surface area contributed by atoms with Gasteiger partial charge in [0.1, 0.15) is 17.2 Å². The van der Waals surface area contributed by atoms with Crippen LogP contribution >= 0.6 is 0 Å². The number of fused-ring (bicyclic) bond motifs is 1. The number of benzene rings is 2.